The molecule has 0 amide bonds. The lowest BCUT2D eigenvalue weighted by atomic mass is 10.1. The van der Waals surface area contributed by atoms with E-state index in [2.05, 4.69) is 46.0 Å². The minimum Gasteiger partial charge on any atom is -0.493 e. The zero-order valence-corrected chi connectivity index (χ0v) is 20.8. The van der Waals surface area contributed by atoms with Gasteiger partial charge in [-0.1, -0.05) is 60.3 Å². The molecule has 0 atom stereocenters. The van der Waals surface area contributed by atoms with Gasteiger partial charge in [-0.25, -0.2) is 0 Å². The van der Waals surface area contributed by atoms with E-state index in [1.54, 1.807) is 23.6 Å². The molecule has 0 radical (unpaired) electrons. The zero-order chi connectivity index (χ0) is 22.9. The van der Waals surface area contributed by atoms with Gasteiger partial charge in [-0.3, -0.25) is 0 Å². The number of nitrogens with zero attached hydrogens (tertiary/aromatic N) is 4. The zero-order valence-electron chi connectivity index (χ0n) is 19.2. The summed E-state index contributed by atoms with van der Waals surface area (Å²) in [5.41, 5.74) is 4.47. The van der Waals surface area contributed by atoms with Gasteiger partial charge in [0, 0.05) is 18.8 Å². The Hall–Kier alpha value is -3.07. The summed E-state index contributed by atoms with van der Waals surface area (Å²) in [5, 5.41) is 16.3. The number of rotatable bonds is 11. The summed E-state index contributed by atoms with van der Waals surface area (Å²) in [7, 11) is 1.67. The maximum absolute atomic E-state index is 6.01. The third-order valence-corrected chi connectivity index (χ3v) is 6.07. The SMILES string of the molecule is COc1cc(CNCCSc2nnnn2-c2ccccc2)ccc1OCc1ccccc1C.Cl. The van der Waals surface area contributed by atoms with Crippen molar-refractivity contribution in [3.8, 4) is 17.2 Å². The minimum atomic E-state index is 0. The second-order valence-electron chi connectivity index (χ2n) is 7.43. The Balaban J connectivity index is 0.00000324. The highest BCUT2D eigenvalue weighted by atomic mass is 35.5. The van der Waals surface area contributed by atoms with Gasteiger partial charge < -0.3 is 14.8 Å². The second-order valence-corrected chi connectivity index (χ2v) is 8.50. The maximum atomic E-state index is 6.01. The number of aromatic nitrogens is 4. The number of benzene rings is 3. The second kappa shape index (κ2) is 13.0. The van der Waals surface area contributed by atoms with Gasteiger partial charge in [0.2, 0.25) is 5.16 Å². The van der Waals surface area contributed by atoms with Crippen molar-refractivity contribution in [3.63, 3.8) is 0 Å². The van der Waals surface area contributed by atoms with E-state index in [-0.39, 0.29) is 12.4 Å². The summed E-state index contributed by atoms with van der Waals surface area (Å²) in [6.45, 7) is 4.16. The largest absolute Gasteiger partial charge is 0.493 e. The molecule has 0 spiro atoms. The molecule has 0 saturated carbocycles. The summed E-state index contributed by atoms with van der Waals surface area (Å²) in [5.74, 6) is 2.33. The maximum Gasteiger partial charge on any atom is 0.214 e. The lowest BCUT2D eigenvalue weighted by Gasteiger charge is -2.13. The van der Waals surface area contributed by atoms with Gasteiger partial charge in [0.1, 0.15) is 6.61 Å². The van der Waals surface area contributed by atoms with Crippen LogP contribution >= 0.6 is 24.2 Å². The molecular formula is C25H28ClN5O2S. The van der Waals surface area contributed by atoms with Crippen molar-refractivity contribution >= 4 is 24.2 Å². The van der Waals surface area contributed by atoms with Crippen molar-refractivity contribution in [2.75, 3.05) is 19.4 Å². The smallest absolute Gasteiger partial charge is 0.214 e. The van der Waals surface area contributed by atoms with Crippen molar-refractivity contribution in [3.05, 3.63) is 89.5 Å². The molecule has 4 rings (SSSR count). The van der Waals surface area contributed by atoms with E-state index in [1.165, 1.54) is 11.1 Å². The first-order valence-corrected chi connectivity index (χ1v) is 11.7. The topological polar surface area (TPSA) is 74.1 Å². The van der Waals surface area contributed by atoms with Crippen LogP contribution in [0.1, 0.15) is 16.7 Å². The number of halogens is 1. The standard InChI is InChI=1S/C25H27N5O2S.ClH/c1-19-8-6-7-9-21(19)18-32-23-13-12-20(16-24(23)31-2)17-26-14-15-33-25-27-28-29-30(25)22-10-4-3-5-11-22;/h3-13,16,26H,14-15,17-18H2,1-2H3;1H. The third-order valence-electron chi connectivity index (χ3n) is 5.15. The Bertz CT molecular complexity index is 1170. The molecule has 7 nitrogen and oxygen atoms in total. The van der Waals surface area contributed by atoms with Gasteiger partial charge in [-0.05, 0) is 58.3 Å². The monoisotopic (exact) mass is 497 g/mol. The molecule has 1 N–H and O–H groups in total. The van der Waals surface area contributed by atoms with Crippen LogP contribution in [0.15, 0.2) is 78.0 Å². The van der Waals surface area contributed by atoms with Crippen LogP contribution in [-0.4, -0.2) is 39.6 Å². The molecule has 4 aromatic rings. The molecule has 9 heteroatoms. The van der Waals surface area contributed by atoms with Gasteiger partial charge in [-0.2, -0.15) is 4.68 Å². The quantitative estimate of drug-likeness (QED) is 0.234. The number of ether oxygens (including phenoxy) is 2. The van der Waals surface area contributed by atoms with Gasteiger partial charge in [0.05, 0.1) is 12.8 Å². The number of para-hydroxylation sites is 1. The summed E-state index contributed by atoms with van der Waals surface area (Å²) in [4.78, 5) is 0. The van der Waals surface area contributed by atoms with Gasteiger partial charge >= 0.3 is 0 Å². The minimum absolute atomic E-state index is 0. The fraction of sp³-hybridized carbons (Fsp3) is 0.240. The molecule has 0 unspecified atom stereocenters. The van der Waals surface area contributed by atoms with Crippen molar-refractivity contribution in [2.24, 2.45) is 0 Å². The molecule has 178 valence electrons. The van der Waals surface area contributed by atoms with E-state index in [1.807, 2.05) is 54.6 Å². The number of methoxy groups -OCH3 is 1. The summed E-state index contributed by atoms with van der Waals surface area (Å²) < 4.78 is 13.3. The van der Waals surface area contributed by atoms with E-state index < -0.39 is 0 Å². The first-order valence-electron chi connectivity index (χ1n) is 10.8. The van der Waals surface area contributed by atoms with Crippen molar-refractivity contribution in [1.82, 2.24) is 25.5 Å². The Kier molecular flexibility index (Phi) is 9.75. The highest BCUT2D eigenvalue weighted by molar-refractivity contribution is 7.99. The fourth-order valence-corrected chi connectivity index (χ4v) is 4.10. The molecule has 0 fully saturated rings. The summed E-state index contributed by atoms with van der Waals surface area (Å²) >= 11 is 1.62. The van der Waals surface area contributed by atoms with E-state index in [9.17, 15) is 0 Å². The van der Waals surface area contributed by atoms with Crippen LogP contribution < -0.4 is 14.8 Å². The molecule has 0 bridgehead atoms. The molecule has 34 heavy (non-hydrogen) atoms. The first kappa shape index (κ1) is 25.6. The van der Waals surface area contributed by atoms with Gasteiger partial charge in [0.15, 0.2) is 11.5 Å². The lowest BCUT2D eigenvalue weighted by molar-refractivity contribution is 0.283. The third kappa shape index (κ3) is 6.72. The van der Waals surface area contributed by atoms with Crippen LogP contribution in [-0.2, 0) is 13.2 Å². The van der Waals surface area contributed by atoms with E-state index in [4.69, 9.17) is 9.47 Å². The normalized spacial score (nSPS) is 10.5. The Morgan fingerprint density at radius 1 is 0.971 bits per heavy atom. The van der Waals surface area contributed by atoms with Crippen LogP contribution in [0, 0.1) is 6.92 Å². The van der Waals surface area contributed by atoms with Crippen LogP contribution in [0.3, 0.4) is 0 Å². The Morgan fingerprint density at radius 2 is 1.76 bits per heavy atom. The number of aryl methyl sites for hydroxylation is 1. The number of hydrogen-bond acceptors (Lipinski definition) is 7. The van der Waals surface area contributed by atoms with Crippen molar-refractivity contribution in [1.29, 1.82) is 0 Å². The molecular weight excluding hydrogens is 470 g/mol. The van der Waals surface area contributed by atoms with E-state index in [0.29, 0.717) is 6.61 Å². The highest BCUT2D eigenvalue weighted by Gasteiger charge is 2.09. The van der Waals surface area contributed by atoms with Crippen LogP contribution in [0.5, 0.6) is 11.5 Å². The number of hydrogen-bond donors (Lipinski definition) is 1. The first-order chi connectivity index (χ1) is 16.2. The molecule has 0 aliphatic carbocycles. The van der Waals surface area contributed by atoms with Crippen molar-refractivity contribution < 1.29 is 9.47 Å². The molecule has 3 aromatic carbocycles. The van der Waals surface area contributed by atoms with E-state index in [0.717, 1.165) is 46.7 Å². The Labute approximate surface area is 210 Å². The summed E-state index contributed by atoms with van der Waals surface area (Å²) in [6, 6.07) is 24.2. The fourth-order valence-electron chi connectivity index (χ4n) is 3.32. The molecule has 0 aliphatic rings. The molecule has 1 heterocycles. The highest BCUT2D eigenvalue weighted by Crippen LogP contribution is 2.29. The van der Waals surface area contributed by atoms with Gasteiger partial charge in [-0.15, -0.1) is 17.5 Å². The van der Waals surface area contributed by atoms with Crippen LogP contribution in [0.4, 0.5) is 0 Å². The number of tetrazole rings is 1. The predicted octanol–water partition coefficient (Wildman–Crippen LogP) is 4.86. The average Bonchev–Trinajstić information content (AvgIpc) is 3.33. The predicted molar refractivity (Wildman–Crippen MR) is 137 cm³/mol. The number of nitrogens with one attached hydrogen (secondary N) is 1. The lowest BCUT2D eigenvalue weighted by Crippen LogP contribution is -2.17. The van der Waals surface area contributed by atoms with Crippen molar-refractivity contribution in [2.45, 2.75) is 25.2 Å². The van der Waals surface area contributed by atoms with Gasteiger partial charge in [0.25, 0.3) is 0 Å². The Morgan fingerprint density at radius 3 is 2.56 bits per heavy atom. The number of thioether (sulfide) groups is 1. The molecule has 1 aromatic heterocycles. The summed E-state index contributed by atoms with van der Waals surface area (Å²) in [6.07, 6.45) is 0. The molecule has 0 aliphatic heterocycles. The van der Waals surface area contributed by atoms with Crippen LogP contribution in [0.2, 0.25) is 0 Å². The molecule has 0 saturated heterocycles. The average molecular weight is 498 g/mol. The van der Waals surface area contributed by atoms with Crippen LogP contribution in [0.25, 0.3) is 5.69 Å². The van der Waals surface area contributed by atoms with E-state index >= 15 is 0 Å².